The summed E-state index contributed by atoms with van der Waals surface area (Å²) >= 11 is 0. The highest BCUT2D eigenvalue weighted by molar-refractivity contribution is 5.68. The number of hydrogen-bond donors (Lipinski definition) is 0. The highest BCUT2D eigenvalue weighted by Gasteiger charge is 2.26. The van der Waals surface area contributed by atoms with Crippen LogP contribution in [-0.4, -0.2) is 54.3 Å². The van der Waals surface area contributed by atoms with Gasteiger partial charge in [-0.05, 0) is 100 Å². The number of nitrogens with zero attached hydrogens (tertiary/aromatic N) is 2. The predicted octanol–water partition coefficient (Wildman–Crippen LogP) is 6.01. The summed E-state index contributed by atoms with van der Waals surface area (Å²) in [5, 5.41) is 0. The van der Waals surface area contributed by atoms with E-state index in [4.69, 9.17) is 9.47 Å². The topological polar surface area (TPSA) is 42.0 Å². The number of fused-ring (bicyclic) bond motifs is 1. The summed E-state index contributed by atoms with van der Waals surface area (Å²) in [7, 11) is 0. The first kappa shape index (κ1) is 25.6. The molecule has 190 valence electrons. The Labute approximate surface area is 211 Å². The van der Waals surface area contributed by atoms with Gasteiger partial charge in [-0.15, -0.1) is 0 Å². The number of piperidine rings is 1. The molecule has 1 amide bonds. The second-order valence-electron chi connectivity index (χ2n) is 11.2. The van der Waals surface area contributed by atoms with Crippen LogP contribution in [0.1, 0.15) is 62.3 Å². The molecule has 2 aromatic rings. The maximum Gasteiger partial charge on any atom is 0.410 e. The third-order valence-corrected chi connectivity index (χ3v) is 7.29. The van der Waals surface area contributed by atoms with Crippen LogP contribution in [-0.2, 0) is 24.1 Å². The van der Waals surface area contributed by atoms with Crippen LogP contribution in [0.2, 0.25) is 0 Å². The molecule has 4 rings (SSSR count). The zero-order valence-corrected chi connectivity index (χ0v) is 22.0. The van der Waals surface area contributed by atoms with Crippen molar-refractivity contribution in [1.29, 1.82) is 0 Å². The summed E-state index contributed by atoms with van der Waals surface area (Å²) in [6.45, 7) is 13.4. The molecule has 1 fully saturated rings. The lowest BCUT2D eigenvalue weighted by molar-refractivity contribution is 0.0177. The number of rotatable bonds is 6. The van der Waals surface area contributed by atoms with E-state index < -0.39 is 5.60 Å². The first-order valence-electron chi connectivity index (χ1n) is 13.3. The molecule has 0 aromatic heterocycles. The van der Waals surface area contributed by atoms with Gasteiger partial charge in [0.1, 0.15) is 11.4 Å². The standard InChI is InChI=1S/C30H42N2O3/c1-23-7-5-6-8-27(23)22-31-16-13-25-9-10-28(21-26(25)14-17-31)34-20-15-24-11-18-32(19-12-24)29(33)35-30(2,3)4/h5-10,21,24H,11-20,22H2,1-4H3. The normalized spacial score (nSPS) is 17.5. The molecule has 35 heavy (non-hydrogen) atoms. The Kier molecular flexibility index (Phi) is 8.38. The third kappa shape index (κ3) is 7.47. The molecule has 0 bridgehead atoms. The van der Waals surface area contributed by atoms with Crippen molar-refractivity contribution in [2.45, 2.75) is 71.9 Å². The highest BCUT2D eigenvalue weighted by atomic mass is 16.6. The summed E-state index contributed by atoms with van der Waals surface area (Å²) in [6.07, 6.45) is 5.05. The largest absolute Gasteiger partial charge is 0.494 e. The Morgan fingerprint density at radius 3 is 2.40 bits per heavy atom. The average molecular weight is 479 g/mol. The SMILES string of the molecule is Cc1ccccc1CN1CCc2ccc(OCCC3CCN(C(=O)OC(C)(C)C)CC3)cc2CC1. The number of hydrogen-bond acceptors (Lipinski definition) is 4. The van der Waals surface area contributed by atoms with Gasteiger partial charge in [0.05, 0.1) is 6.61 Å². The first-order chi connectivity index (χ1) is 16.8. The molecule has 0 aliphatic carbocycles. The Morgan fingerprint density at radius 2 is 1.69 bits per heavy atom. The van der Waals surface area contributed by atoms with Gasteiger partial charge in [-0.25, -0.2) is 4.79 Å². The third-order valence-electron chi connectivity index (χ3n) is 7.29. The van der Waals surface area contributed by atoms with Gasteiger partial charge >= 0.3 is 6.09 Å². The first-order valence-corrected chi connectivity index (χ1v) is 13.3. The predicted molar refractivity (Wildman–Crippen MR) is 141 cm³/mol. The molecule has 2 heterocycles. The van der Waals surface area contributed by atoms with Gasteiger partial charge in [-0.3, -0.25) is 4.90 Å². The van der Waals surface area contributed by atoms with Crippen LogP contribution in [0.15, 0.2) is 42.5 Å². The van der Waals surface area contributed by atoms with E-state index in [0.29, 0.717) is 5.92 Å². The van der Waals surface area contributed by atoms with Crippen LogP contribution in [0.25, 0.3) is 0 Å². The van der Waals surface area contributed by atoms with Crippen molar-refractivity contribution in [3.05, 3.63) is 64.7 Å². The summed E-state index contributed by atoms with van der Waals surface area (Å²) in [6, 6.07) is 15.4. The zero-order chi connectivity index (χ0) is 24.8. The smallest absolute Gasteiger partial charge is 0.410 e. The molecule has 1 saturated heterocycles. The summed E-state index contributed by atoms with van der Waals surface area (Å²) in [5.74, 6) is 1.59. The van der Waals surface area contributed by atoms with Crippen molar-refractivity contribution < 1.29 is 14.3 Å². The Bertz CT molecular complexity index is 989. The Hall–Kier alpha value is -2.53. The van der Waals surface area contributed by atoms with Gasteiger partial charge in [0.15, 0.2) is 0 Å². The molecule has 0 radical (unpaired) electrons. The fourth-order valence-corrected chi connectivity index (χ4v) is 5.10. The fourth-order valence-electron chi connectivity index (χ4n) is 5.10. The van der Waals surface area contributed by atoms with Crippen LogP contribution in [0.3, 0.4) is 0 Å². The highest BCUT2D eigenvalue weighted by Crippen LogP contribution is 2.25. The van der Waals surface area contributed by atoms with E-state index in [1.54, 1.807) is 0 Å². The molecule has 0 N–H and O–H groups in total. The quantitative estimate of drug-likeness (QED) is 0.510. The molecule has 5 nitrogen and oxygen atoms in total. The van der Waals surface area contributed by atoms with Crippen LogP contribution in [0.5, 0.6) is 5.75 Å². The maximum absolute atomic E-state index is 12.3. The molecule has 0 spiro atoms. The summed E-state index contributed by atoms with van der Waals surface area (Å²) < 4.78 is 11.7. The minimum Gasteiger partial charge on any atom is -0.494 e. The van der Waals surface area contributed by atoms with Crippen molar-refractivity contribution >= 4 is 6.09 Å². The van der Waals surface area contributed by atoms with Crippen LogP contribution in [0, 0.1) is 12.8 Å². The number of amides is 1. The maximum atomic E-state index is 12.3. The van der Waals surface area contributed by atoms with Crippen LogP contribution in [0.4, 0.5) is 4.79 Å². The van der Waals surface area contributed by atoms with Crippen LogP contribution < -0.4 is 4.74 Å². The van der Waals surface area contributed by atoms with Crippen molar-refractivity contribution in [3.63, 3.8) is 0 Å². The van der Waals surface area contributed by atoms with Gasteiger partial charge in [-0.1, -0.05) is 30.3 Å². The molecular weight excluding hydrogens is 436 g/mol. The average Bonchev–Trinajstić information content (AvgIpc) is 3.02. The number of benzene rings is 2. The lowest BCUT2D eigenvalue weighted by Gasteiger charge is -2.33. The lowest BCUT2D eigenvalue weighted by atomic mass is 9.94. The monoisotopic (exact) mass is 478 g/mol. The van der Waals surface area contributed by atoms with Gasteiger partial charge < -0.3 is 14.4 Å². The number of carbonyl (C=O) groups excluding carboxylic acids is 1. The van der Waals surface area contributed by atoms with Gasteiger partial charge in [0.2, 0.25) is 0 Å². The fraction of sp³-hybridized carbons (Fsp3) is 0.567. The minimum absolute atomic E-state index is 0.186. The summed E-state index contributed by atoms with van der Waals surface area (Å²) in [4.78, 5) is 16.7. The van der Waals surface area contributed by atoms with Crippen LogP contribution >= 0.6 is 0 Å². The molecule has 0 unspecified atom stereocenters. The molecule has 2 aromatic carbocycles. The van der Waals surface area contributed by atoms with E-state index >= 15 is 0 Å². The van der Waals surface area contributed by atoms with Gasteiger partial charge in [0, 0.05) is 32.7 Å². The molecule has 2 aliphatic heterocycles. The minimum atomic E-state index is -0.436. The Morgan fingerprint density at radius 1 is 0.971 bits per heavy atom. The summed E-state index contributed by atoms with van der Waals surface area (Å²) in [5.41, 5.74) is 5.26. The number of likely N-dealkylation sites (tertiary alicyclic amines) is 1. The number of carbonyl (C=O) groups is 1. The molecule has 5 heteroatoms. The second kappa shape index (κ2) is 11.5. The number of aryl methyl sites for hydroxylation is 1. The van der Waals surface area contributed by atoms with Gasteiger partial charge in [-0.2, -0.15) is 0 Å². The van der Waals surface area contributed by atoms with Gasteiger partial charge in [0.25, 0.3) is 0 Å². The van der Waals surface area contributed by atoms with Crippen molar-refractivity contribution in [1.82, 2.24) is 9.80 Å². The molecule has 2 aliphatic rings. The van der Waals surface area contributed by atoms with Crippen molar-refractivity contribution in [3.8, 4) is 5.75 Å². The van der Waals surface area contributed by atoms with E-state index in [-0.39, 0.29) is 6.09 Å². The number of ether oxygens (including phenoxy) is 2. The lowest BCUT2D eigenvalue weighted by Crippen LogP contribution is -2.41. The van der Waals surface area contributed by atoms with E-state index in [1.165, 1.54) is 22.3 Å². The van der Waals surface area contributed by atoms with Crippen molar-refractivity contribution in [2.24, 2.45) is 5.92 Å². The molecular formula is C30H42N2O3. The molecule has 0 saturated carbocycles. The van der Waals surface area contributed by atoms with E-state index in [9.17, 15) is 4.79 Å². The molecule has 0 atom stereocenters. The van der Waals surface area contributed by atoms with E-state index in [0.717, 1.165) is 77.2 Å². The van der Waals surface area contributed by atoms with E-state index in [2.05, 4.69) is 54.3 Å². The Balaban J connectivity index is 1.21. The second-order valence-corrected chi connectivity index (χ2v) is 11.2. The van der Waals surface area contributed by atoms with E-state index in [1.807, 2.05) is 25.7 Å². The zero-order valence-electron chi connectivity index (χ0n) is 22.0. The van der Waals surface area contributed by atoms with Crippen molar-refractivity contribution in [2.75, 3.05) is 32.8 Å².